The van der Waals surface area contributed by atoms with Crippen LogP contribution >= 0.6 is 0 Å². The molecule has 5 nitrogen and oxygen atoms in total. The van der Waals surface area contributed by atoms with Crippen LogP contribution in [0, 0.1) is 5.41 Å². The second-order valence-corrected chi connectivity index (χ2v) is 4.98. The number of hydrogen-bond donors (Lipinski definition) is 3. The molecule has 0 heterocycles. The highest BCUT2D eigenvalue weighted by Gasteiger charge is 2.50. The number of hydrogen-bond acceptors (Lipinski definition) is 3. The van der Waals surface area contributed by atoms with E-state index in [1.807, 2.05) is 30.3 Å². The monoisotopic (exact) mass is 261 g/mol. The minimum absolute atomic E-state index is 0.139. The first-order chi connectivity index (χ1) is 8.88. The molecule has 19 heavy (non-hydrogen) atoms. The number of rotatable bonds is 4. The molecule has 100 valence electrons. The zero-order chi connectivity index (χ0) is 14.1. The topological polar surface area (TPSA) is 101 Å². The van der Waals surface area contributed by atoms with E-state index >= 15 is 0 Å². The summed E-state index contributed by atoms with van der Waals surface area (Å²) >= 11 is 0. The molecule has 0 bridgehead atoms. The van der Waals surface area contributed by atoms with Crippen molar-refractivity contribution in [2.24, 2.45) is 11.1 Å². The molecule has 0 spiro atoms. The molecule has 1 aromatic carbocycles. The first-order valence-electron chi connectivity index (χ1n) is 5.88. The van der Waals surface area contributed by atoms with Crippen LogP contribution in [0.3, 0.4) is 0 Å². The summed E-state index contributed by atoms with van der Waals surface area (Å²) < 4.78 is 0. The van der Waals surface area contributed by atoms with E-state index in [0.29, 0.717) is 0 Å². The van der Waals surface area contributed by atoms with Gasteiger partial charge >= 0.3 is 11.9 Å². The van der Waals surface area contributed by atoms with Gasteiger partial charge in [0.05, 0.1) is 5.41 Å². The van der Waals surface area contributed by atoms with Gasteiger partial charge in [0.15, 0.2) is 0 Å². The fraction of sp³-hybridized carbons (Fsp3) is 0.286. The smallest absolute Gasteiger partial charge is 0.327 e. The van der Waals surface area contributed by atoms with Crippen LogP contribution in [0.25, 0.3) is 0 Å². The van der Waals surface area contributed by atoms with Gasteiger partial charge in [-0.1, -0.05) is 42.5 Å². The van der Waals surface area contributed by atoms with Crippen LogP contribution in [0.1, 0.15) is 12.0 Å². The Morgan fingerprint density at radius 2 is 1.74 bits per heavy atom. The molecule has 0 saturated carbocycles. The molecule has 4 N–H and O–H groups in total. The van der Waals surface area contributed by atoms with Crippen molar-refractivity contribution < 1.29 is 19.8 Å². The lowest BCUT2D eigenvalue weighted by atomic mass is 9.78. The molecule has 0 fully saturated rings. The highest BCUT2D eigenvalue weighted by atomic mass is 16.4. The van der Waals surface area contributed by atoms with Gasteiger partial charge < -0.3 is 15.9 Å². The summed E-state index contributed by atoms with van der Waals surface area (Å²) in [5.41, 5.74) is 3.70. The Hall–Kier alpha value is -2.14. The number of carbonyl (C=O) groups is 2. The maximum atomic E-state index is 11.5. The molecule has 0 unspecified atom stereocenters. The Bertz CT molecular complexity index is 540. The lowest BCUT2D eigenvalue weighted by molar-refractivity contribution is -0.148. The van der Waals surface area contributed by atoms with Crippen LogP contribution in [0.5, 0.6) is 0 Å². The maximum absolute atomic E-state index is 11.5. The second kappa shape index (κ2) is 4.51. The number of carboxylic acids is 2. The summed E-state index contributed by atoms with van der Waals surface area (Å²) in [6.07, 6.45) is 2.79. The normalized spacial score (nSPS) is 29.3. The molecule has 0 radical (unpaired) electrons. The Morgan fingerprint density at radius 3 is 2.21 bits per heavy atom. The molecular weight excluding hydrogens is 246 g/mol. The van der Waals surface area contributed by atoms with Crippen molar-refractivity contribution in [3.8, 4) is 0 Å². The fourth-order valence-corrected chi connectivity index (χ4v) is 2.40. The predicted octanol–water partition coefficient (Wildman–Crippen LogP) is 1.04. The van der Waals surface area contributed by atoms with E-state index in [1.165, 1.54) is 12.2 Å². The average molecular weight is 261 g/mol. The zero-order valence-electron chi connectivity index (χ0n) is 10.2. The van der Waals surface area contributed by atoms with Crippen molar-refractivity contribution in [3.63, 3.8) is 0 Å². The van der Waals surface area contributed by atoms with Gasteiger partial charge in [-0.3, -0.25) is 4.79 Å². The molecule has 5 heteroatoms. The molecule has 0 amide bonds. The fourth-order valence-electron chi connectivity index (χ4n) is 2.40. The molecular formula is C14H15NO4. The first-order valence-corrected chi connectivity index (χ1v) is 5.88. The molecule has 2 rings (SSSR count). The zero-order valence-corrected chi connectivity index (χ0v) is 10.2. The molecule has 2 atom stereocenters. The first kappa shape index (κ1) is 13.3. The van der Waals surface area contributed by atoms with E-state index in [0.717, 1.165) is 5.56 Å². The largest absolute Gasteiger partial charge is 0.481 e. The molecule has 1 aromatic rings. The molecule has 0 aliphatic heterocycles. The van der Waals surface area contributed by atoms with Crippen molar-refractivity contribution in [2.45, 2.75) is 18.4 Å². The molecule has 0 saturated heterocycles. The van der Waals surface area contributed by atoms with Gasteiger partial charge in [0.2, 0.25) is 0 Å². The summed E-state index contributed by atoms with van der Waals surface area (Å²) in [4.78, 5) is 22.7. The molecule has 1 aliphatic rings. The van der Waals surface area contributed by atoms with E-state index in [4.69, 9.17) is 10.8 Å². The van der Waals surface area contributed by atoms with Gasteiger partial charge in [-0.05, 0) is 18.4 Å². The quantitative estimate of drug-likeness (QED) is 0.703. The van der Waals surface area contributed by atoms with Gasteiger partial charge in [0, 0.05) is 0 Å². The summed E-state index contributed by atoms with van der Waals surface area (Å²) in [5.74, 6) is -2.26. The number of benzene rings is 1. The van der Waals surface area contributed by atoms with Gasteiger partial charge in [-0.25, -0.2) is 4.79 Å². The molecule has 1 aliphatic carbocycles. The van der Waals surface area contributed by atoms with Crippen LogP contribution in [0.2, 0.25) is 0 Å². The standard InChI is InChI=1S/C14H15NO4/c15-14(12(18)19)7-6-13(9-14,11(16)17)8-10-4-2-1-3-5-10/h1-7H,8-9,15H2,(H,16,17)(H,18,19)/t13-,14+/m0/s1. The lowest BCUT2D eigenvalue weighted by Crippen LogP contribution is -2.48. The minimum atomic E-state index is -1.60. The van der Waals surface area contributed by atoms with Gasteiger partial charge in [0.1, 0.15) is 5.54 Å². The van der Waals surface area contributed by atoms with E-state index in [-0.39, 0.29) is 12.8 Å². The van der Waals surface area contributed by atoms with E-state index in [9.17, 15) is 14.7 Å². The Morgan fingerprint density at radius 1 is 1.11 bits per heavy atom. The third-order valence-electron chi connectivity index (χ3n) is 3.49. The van der Waals surface area contributed by atoms with Crippen LogP contribution in [-0.2, 0) is 16.0 Å². The van der Waals surface area contributed by atoms with E-state index in [1.54, 1.807) is 0 Å². The third kappa shape index (κ3) is 2.37. The summed E-state index contributed by atoms with van der Waals surface area (Å²) in [5, 5.41) is 18.5. The predicted molar refractivity (Wildman–Crippen MR) is 68.5 cm³/mol. The summed E-state index contributed by atoms with van der Waals surface area (Å²) in [7, 11) is 0. The molecule has 0 aromatic heterocycles. The van der Waals surface area contributed by atoms with Crippen molar-refractivity contribution in [3.05, 3.63) is 48.0 Å². The van der Waals surface area contributed by atoms with Crippen LogP contribution in [-0.4, -0.2) is 27.7 Å². The highest BCUT2D eigenvalue weighted by Crippen LogP contribution is 2.40. The van der Waals surface area contributed by atoms with Gasteiger partial charge in [-0.15, -0.1) is 0 Å². The maximum Gasteiger partial charge on any atom is 0.327 e. The van der Waals surface area contributed by atoms with Crippen LogP contribution < -0.4 is 5.73 Å². The second-order valence-electron chi connectivity index (χ2n) is 4.98. The summed E-state index contributed by atoms with van der Waals surface area (Å²) in [6.45, 7) is 0. The van der Waals surface area contributed by atoms with Gasteiger partial charge in [-0.2, -0.15) is 0 Å². The van der Waals surface area contributed by atoms with Crippen LogP contribution in [0.15, 0.2) is 42.5 Å². The number of aliphatic carboxylic acids is 2. The average Bonchev–Trinajstić information content (AvgIpc) is 2.71. The highest BCUT2D eigenvalue weighted by molar-refractivity contribution is 5.87. The van der Waals surface area contributed by atoms with E-state index in [2.05, 4.69) is 0 Å². The Kier molecular flexibility index (Phi) is 3.16. The van der Waals surface area contributed by atoms with Crippen molar-refractivity contribution in [1.82, 2.24) is 0 Å². The van der Waals surface area contributed by atoms with Crippen LogP contribution in [0.4, 0.5) is 0 Å². The number of carboxylic acid groups (broad SMARTS) is 2. The Labute approximate surface area is 110 Å². The van der Waals surface area contributed by atoms with Gasteiger partial charge in [0.25, 0.3) is 0 Å². The SMILES string of the molecule is N[C@]1(C(=O)O)C=C[C@@](Cc2ccccc2)(C(=O)O)C1. The lowest BCUT2D eigenvalue weighted by Gasteiger charge is -2.26. The summed E-state index contributed by atoms with van der Waals surface area (Å²) in [6, 6.07) is 9.10. The number of nitrogens with two attached hydrogens (primary N) is 1. The minimum Gasteiger partial charge on any atom is -0.481 e. The van der Waals surface area contributed by atoms with Crippen molar-refractivity contribution in [1.29, 1.82) is 0 Å². The Balaban J connectivity index is 2.31. The van der Waals surface area contributed by atoms with Crippen molar-refractivity contribution in [2.75, 3.05) is 0 Å². The van der Waals surface area contributed by atoms with E-state index < -0.39 is 22.9 Å². The third-order valence-corrected chi connectivity index (χ3v) is 3.49. The van der Waals surface area contributed by atoms with Crippen molar-refractivity contribution >= 4 is 11.9 Å².